The van der Waals surface area contributed by atoms with E-state index in [1.54, 1.807) is 0 Å². The maximum Gasteiger partial charge on any atom is 0.341 e. The topological polar surface area (TPSA) is 72.5 Å². The number of hydrogen-bond acceptors (Lipinski definition) is 5. The Morgan fingerprint density at radius 3 is 2.81 bits per heavy atom. The third-order valence-electron chi connectivity index (χ3n) is 9.78. The first-order valence-electron chi connectivity index (χ1n) is 12.2. The van der Waals surface area contributed by atoms with Crippen molar-refractivity contribution in [2.45, 2.75) is 84.2 Å². The number of ether oxygens (including phenoxy) is 1. The number of fused-ring (bicyclic) bond motifs is 5. The molecule has 0 amide bonds. The number of rotatable bonds is 3. The van der Waals surface area contributed by atoms with E-state index >= 15 is 0 Å². The largest absolute Gasteiger partial charge is 0.462 e. The van der Waals surface area contributed by atoms with Crippen LogP contribution in [-0.2, 0) is 4.74 Å². The molecule has 0 bridgehead atoms. The molecule has 1 aromatic rings. The molecule has 3 fully saturated rings. The number of carbonyl (C=O) groups excluding carboxylic acids is 1. The Hall–Kier alpha value is -1.33. The number of nitrogens with two attached hydrogens (primary N) is 1. The Labute approximate surface area is 190 Å². The van der Waals surface area contributed by atoms with Crippen LogP contribution < -0.4 is 5.73 Å². The van der Waals surface area contributed by atoms with Crippen LogP contribution in [0, 0.1) is 28.6 Å². The Morgan fingerprint density at radius 1 is 1.23 bits per heavy atom. The van der Waals surface area contributed by atoms with Gasteiger partial charge in [-0.05, 0) is 104 Å². The maximum absolute atomic E-state index is 12.7. The fourth-order valence-corrected chi connectivity index (χ4v) is 9.07. The molecule has 0 spiro atoms. The summed E-state index contributed by atoms with van der Waals surface area (Å²) in [5, 5.41) is 13.0. The number of aliphatic hydroxyl groups is 1. The molecule has 1 heterocycles. The SMILES string of the molecule is CCOC(=O)c1c([C@H]2CC[C@H]3[C@@H]4CC=C5C[C@@H](O)CC[C@]5(C)[C@H]4CC[C@]23C)csc1N. The minimum absolute atomic E-state index is 0.147. The van der Waals surface area contributed by atoms with Crippen LogP contribution in [0.4, 0.5) is 5.00 Å². The van der Waals surface area contributed by atoms with E-state index in [9.17, 15) is 9.90 Å². The van der Waals surface area contributed by atoms with Crippen LogP contribution in [0.25, 0.3) is 0 Å². The van der Waals surface area contributed by atoms with Crippen molar-refractivity contribution in [1.82, 2.24) is 0 Å². The fourth-order valence-electron chi connectivity index (χ4n) is 8.22. The third-order valence-corrected chi connectivity index (χ3v) is 10.6. The summed E-state index contributed by atoms with van der Waals surface area (Å²) in [5.41, 5.74) is 10.0. The molecule has 0 aliphatic heterocycles. The number of aliphatic hydroxyl groups excluding tert-OH is 1. The molecule has 0 saturated heterocycles. The molecule has 4 nitrogen and oxygen atoms in total. The highest BCUT2D eigenvalue weighted by Crippen LogP contribution is 2.68. The molecular formula is C26H37NO3S. The van der Waals surface area contributed by atoms with Gasteiger partial charge >= 0.3 is 5.97 Å². The number of allylic oxidation sites excluding steroid dienone is 1. The molecule has 5 heteroatoms. The van der Waals surface area contributed by atoms with Crippen LogP contribution >= 0.6 is 11.3 Å². The minimum atomic E-state index is -0.254. The molecule has 1 aromatic heterocycles. The molecule has 4 aliphatic rings. The molecule has 3 N–H and O–H groups in total. The van der Waals surface area contributed by atoms with E-state index in [4.69, 9.17) is 10.5 Å². The van der Waals surface area contributed by atoms with Gasteiger partial charge in [0.2, 0.25) is 0 Å². The van der Waals surface area contributed by atoms with E-state index in [2.05, 4.69) is 25.3 Å². The minimum Gasteiger partial charge on any atom is -0.462 e. The highest BCUT2D eigenvalue weighted by Gasteiger charge is 2.59. The predicted octanol–water partition coefficient (Wildman–Crippen LogP) is 5.91. The average Bonchev–Trinajstić information content (AvgIpc) is 3.28. The summed E-state index contributed by atoms with van der Waals surface area (Å²) >= 11 is 1.49. The van der Waals surface area contributed by atoms with Crippen LogP contribution in [0.1, 0.15) is 94.0 Å². The van der Waals surface area contributed by atoms with Crippen LogP contribution in [0.15, 0.2) is 17.0 Å². The number of thiophene rings is 1. The number of anilines is 1. The quantitative estimate of drug-likeness (QED) is 0.450. The molecule has 170 valence electrons. The van der Waals surface area contributed by atoms with E-state index < -0.39 is 0 Å². The second-order valence-electron chi connectivity index (χ2n) is 11.0. The van der Waals surface area contributed by atoms with Crippen molar-refractivity contribution in [3.8, 4) is 0 Å². The van der Waals surface area contributed by atoms with E-state index in [0.29, 0.717) is 29.0 Å². The van der Waals surface area contributed by atoms with E-state index in [1.165, 1.54) is 36.2 Å². The van der Waals surface area contributed by atoms with Crippen LogP contribution in [0.2, 0.25) is 0 Å². The van der Waals surface area contributed by atoms with Crippen molar-refractivity contribution >= 4 is 22.3 Å². The standard InChI is InChI=1S/C26H37NO3S/c1-4-30-24(29)22-18(14-31-23(22)27)20-8-7-19-17-6-5-15-13-16(28)9-11-25(15,2)21(17)10-12-26(19,20)3/h5,14,16-17,19-21,28H,4,6-13,27H2,1-3H3/t16-,17-,19-,20+,21-,25-,26-/m0/s1. The Balaban J connectivity index is 1.46. The highest BCUT2D eigenvalue weighted by molar-refractivity contribution is 7.14. The van der Waals surface area contributed by atoms with Crippen molar-refractivity contribution in [1.29, 1.82) is 0 Å². The smallest absolute Gasteiger partial charge is 0.341 e. The number of esters is 1. The van der Waals surface area contributed by atoms with Crippen LogP contribution in [0.3, 0.4) is 0 Å². The zero-order chi connectivity index (χ0) is 22.0. The van der Waals surface area contributed by atoms with Gasteiger partial charge in [0.05, 0.1) is 18.3 Å². The average molecular weight is 444 g/mol. The summed E-state index contributed by atoms with van der Waals surface area (Å²) in [4.78, 5) is 12.7. The summed E-state index contributed by atoms with van der Waals surface area (Å²) < 4.78 is 5.36. The van der Waals surface area contributed by atoms with E-state index in [0.717, 1.165) is 49.5 Å². The summed E-state index contributed by atoms with van der Waals surface area (Å²) in [6.45, 7) is 7.20. The lowest BCUT2D eigenvalue weighted by atomic mass is 9.47. The number of nitrogen functional groups attached to an aromatic ring is 1. The van der Waals surface area contributed by atoms with E-state index in [1.807, 2.05) is 6.92 Å². The molecule has 0 aromatic carbocycles. The molecular weight excluding hydrogens is 406 g/mol. The van der Waals surface area contributed by atoms with Gasteiger partial charge in [-0.15, -0.1) is 11.3 Å². The van der Waals surface area contributed by atoms with Crippen molar-refractivity contribution in [2.24, 2.45) is 28.6 Å². The second kappa shape index (κ2) is 7.62. The van der Waals surface area contributed by atoms with Gasteiger partial charge in [-0.2, -0.15) is 0 Å². The summed E-state index contributed by atoms with van der Waals surface area (Å²) in [5.74, 6) is 2.27. The van der Waals surface area contributed by atoms with Gasteiger partial charge in [-0.3, -0.25) is 0 Å². The van der Waals surface area contributed by atoms with Crippen molar-refractivity contribution in [3.63, 3.8) is 0 Å². The first kappa shape index (κ1) is 21.5. The molecule has 4 aliphatic carbocycles. The molecule has 31 heavy (non-hydrogen) atoms. The lowest BCUT2D eigenvalue weighted by Crippen LogP contribution is -2.50. The van der Waals surface area contributed by atoms with Gasteiger partial charge < -0.3 is 15.6 Å². The lowest BCUT2D eigenvalue weighted by molar-refractivity contribution is -0.0409. The zero-order valence-electron chi connectivity index (χ0n) is 19.2. The van der Waals surface area contributed by atoms with Crippen LogP contribution in [0.5, 0.6) is 0 Å². The first-order valence-corrected chi connectivity index (χ1v) is 13.1. The second-order valence-corrected chi connectivity index (χ2v) is 11.9. The third kappa shape index (κ3) is 3.13. The van der Waals surface area contributed by atoms with Gasteiger partial charge in [-0.1, -0.05) is 25.5 Å². The summed E-state index contributed by atoms with van der Waals surface area (Å²) in [6.07, 6.45) is 11.3. The first-order chi connectivity index (χ1) is 14.8. The van der Waals surface area contributed by atoms with E-state index in [-0.39, 0.29) is 22.9 Å². The Bertz CT molecular complexity index is 906. The number of carbonyl (C=O) groups is 1. The molecule has 0 radical (unpaired) electrons. The van der Waals surface area contributed by atoms with Crippen molar-refractivity contribution in [3.05, 3.63) is 28.2 Å². The lowest BCUT2D eigenvalue weighted by Gasteiger charge is -2.58. The zero-order valence-corrected chi connectivity index (χ0v) is 20.0. The Kier molecular flexibility index (Phi) is 5.29. The van der Waals surface area contributed by atoms with Gasteiger partial charge in [-0.25, -0.2) is 4.79 Å². The van der Waals surface area contributed by atoms with Crippen molar-refractivity contribution < 1.29 is 14.6 Å². The van der Waals surface area contributed by atoms with Gasteiger partial charge in [0, 0.05) is 0 Å². The van der Waals surface area contributed by atoms with Gasteiger partial charge in [0.15, 0.2) is 0 Å². The van der Waals surface area contributed by atoms with Gasteiger partial charge in [0.1, 0.15) is 5.00 Å². The normalized spacial score (nSPS) is 41.7. The number of hydrogen-bond donors (Lipinski definition) is 2. The summed E-state index contributed by atoms with van der Waals surface area (Å²) in [6, 6.07) is 0. The van der Waals surface area contributed by atoms with Crippen molar-refractivity contribution in [2.75, 3.05) is 12.3 Å². The molecule has 0 unspecified atom stereocenters. The molecule has 5 rings (SSSR count). The fraction of sp³-hybridized carbons (Fsp3) is 0.731. The Morgan fingerprint density at radius 2 is 2.03 bits per heavy atom. The maximum atomic E-state index is 12.7. The molecule has 3 saturated carbocycles. The monoisotopic (exact) mass is 443 g/mol. The van der Waals surface area contributed by atoms with Crippen LogP contribution in [-0.4, -0.2) is 23.8 Å². The van der Waals surface area contributed by atoms with Gasteiger partial charge in [0.25, 0.3) is 0 Å². The predicted molar refractivity (Wildman–Crippen MR) is 125 cm³/mol. The summed E-state index contributed by atoms with van der Waals surface area (Å²) in [7, 11) is 0. The highest BCUT2D eigenvalue weighted by atomic mass is 32.1. The molecule has 7 atom stereocenters.